The number of fused-ring (bicyclic) bond motifs is 2. The van der Waals surface area contributed by atoms with E-state index < -0.39 is 6.04 Å². The molecule has 7 nitrogen and oxygen atoms in total. The first-order valence-corrected chi connectivity index (χ1v) is 8.59. The summed E-state index contributed by atoms with van der Waals surface area (Å²) in [6.07, 6.45) is 3.11. The number of aromatic nitrogens is 4. The Morgan fingerprint density at radius 1 is 1.33 bits per heavy atom. The molecule has 8 heteroatoms. The molecule has 1 amide bonds. The molecular weight excluding hydrogens is 326 g/mol. The molecule has 0 spiro atoms. The summed E-state index contributed by atoms with van der Waals surface area (Å²) in [5.41, 5.74) is 1.26. The van der Waals surface area contributed by atoms with Crippen LogP contribution in [0.3, 0.4) is 0 Å². The number of thiazole rings is 1. The van der Waals surface area contributed by atoms with Crippen molar-refractivity contribution in [1.29, 1.82) is 0 Å². The van der Waals surface area contributed by atoms with Crippen LogP contribution >= 0.6 is 11.3 Å². The topological polar surface area (TPSA) is 89.8 Å². The van der Waals surface area contributed by atoms with Crippen LogP contribution in [-0.4, -0.2) is 25.9 Å². The van der Waals surface area contributed by atoms with E-state index in [1.807, 2.05) is 0 Å². The maximum atomic E-state index is 12.5. The van der Waals surface area contributed by atoms with Crippen molar-refractivity contribution in [2.45, 2.75) is 32.2 Å². The summed E-state index contributed by atoms with van der Waals surface area (Å²) in [6.45, 7) is 1.63. The van der Waals surface area contributed by atoms with Gasteiger partial charge in [0.05, 0.1) is 11.1 Å². The first kappa shape index (κ1) is 14.9. The molecule has 0 fully saturated rings. The summed E-state index contributed by atoms with van der Waals surface area (Å²) in [5.74, 6) is -0.325. The number of amides is 1. The molecule has 0 saturated heterocycles. The third-order valence-electron chi connectivity index (χ3n) is 4.16. The summed E-state index contributed by atoms with van der Waals surface area (Å²) >= 11 is 1.50. The molecule has 3 aromatic rings. The van der Waals surface area contributed by atoms with E-state index in [1.165, 1.54) is 16.2 Å². The number of carbonyl (C=O) groups is 1. The Bertz CT molecular complexity index is 972. The number of hydrogen-bond acceptors (Lipinski definition) is 6. The number of aryl methyl sites for hydroxylation is 2. The zero-order valence-electron chi connectivity index (χ0n) is 13.0. The van der Waals surface area contributed by atoms with Crippen LogP contribution in [0.25, 0.3) is 10.9 Å². The Morgan fingerprint density at radius 3 is 3.00 bits per heavy atom. The Kier molecular flexibility index (Phi) is 3.61. The Hall–Kier alpha value is -2.61. The van der Waals surface area contributed by atoms with E-state index in [4.69, 9.17) is 0 Å². The van der Waals surface area contributed by atoms with Gasteiger partial charge >= 0.3 is 0 Å². The normalized spacial score (nSPS) is 14.5. The lowest BCUT2D eigenvalue weighted by Gasteiger charge is -2.12. The van der Waals surface area contributed by atoms with Gasteiger partial charge in [0.2, 0.25) is 0 Å². The van der Waals surface area contributed by atoms with Crippen LogP contribution < -0.4 is 10.9 Å². The molecule has 1 aliphatic carbocycles. The van der Waals surface area contributed by atoms with Gasteiger partial charge in [0.1, 0.15) is 11.6 Å². The predicted octanol–water partition coefficient (Wildman–Crippen LogP) is 1.94. The number of nitrogens with one attached hydrogen (secondary N) is 1. The van der Waals surface area contributed by atoms with Crippen LogP contribution in [-0.2, 0) is 17.6 Å². The van der Waals surface area contributed by atoms with E-state index in [0.29, 0.717) is 16.0 Å². The van der Waals surface area contributed by atoms with Crippen LogP contribution in [0.15, 0.2) is 29.1 Å². The van der Waals surface area contributed by atoms with Gasteiger partial charge in [0.15, 0.2) is 5.13 Å². The number of rotatable bonds is 3. The van der Waals surface area contributed by atoms with Gasteiger partial charge in [-0.3, -0.25) is 9.59 Å². The molecule has 2 aromatic heterocycles. The van der Waals surface area contributed by atoms with Crippen molar-refractivity contribution < 1.29 is 4.79 Å². The highest BCUT2D eigenvalue weighted by Gasteiger charge is 2.22. The van der Waals surface area contributed by atoms with Gasteiger partial charge in [-0.15, -0.1) is 16.4 Å². The van der Waals surface area contributed by atoms with E-state index in [0.717, 1.165) is 29.6 Å². The minimum absolute atomic E-state index is 0.325. The molecule has 122 valence electrons. The van der Waals surface area contributed by atoms with Crippen molar-refractivity contribution >= 4 is 33.3 Å². The van der Waals surface area contributed by atoms with Crippen molar-refractivity contribution in [3.63, 3.8) is 0 Å². The first-order valence-electron chi connectivity index (χ1n) is 7.77. The Balaban J connectivity index is 1.60. The van der Waals surface area contributed by atoms with Crippen LogP contribution in [0.4, 0.5) is 5.13 Å². The Morgan fingerprint density at radius 2 is 2.17 bits per heavy atom. The van der Waals surface area contributed by atoms with Crippen LogP contribution in [0, 0.1) is 0 Å². The van der Waals surface area contributed by atoms with Gasteiger partial charge in [0.25, 0.3) is 11.5 Å². The molecule has 2 heterocycles. The monoisotopic (exact) mass is 341 g/mol. The van der Waals surface area contributed by atoms with Gasteiger partial charge in [-0.25, -0.2) is 4.98 Å². The predicted molar refractivity (Wildman–Crippen MR) is 91.3 cm³/mol. The second-order valence-corrected chi connectivity index (χ2v) is 6.85. The van der Waals surface area contributed by atoms with Gasteiger partial charge in [0, 0.05) is 4.88 Å². The van der Waals surface area contributed by atoms with Gasteiger partial charge in [-0.1, -0.05) is 17.3 Å². The number of anilines is 1. The SMILES string of the molecule is C[C@H](C(=O)Nc1nc2c(s1)CCC2)n1nnc2ccccc2c1=O. The zero-order chi connectivity index (χ0) is 16.7. The fourth-order valence-corrected chi connectivity index (χ4v) is 3.87. The highest BCUT2D eigenvalue weighted by molar-refractivity contribution is 7.15. The molecule has 0 unspecified atom stereocenters. The van der Waals surface area contributed by atoms with Crippen LogP contribution in [0.1, 0.15) is 30.0 Å². The summed E-state index contributed by atoms with van der Waals surface area (Å²) in [4.78, 5) is 30.6. The second-order valence-electron chi connectivity index (χ2n) is 5.76. The molecule has 0 aliphatic heterocycles. The third-order valence-corrected chi connectivity index (χ3v) is 5.24. The molecule has 24 heavy (non-hydrogen) atoms. The standard InChI is InChI=1S/C16H15N5O2S/c1-9(14(22)18-16-17-12-7-4-8-13(12)24-16)21-15(23)10-5-2-3-6-11(10)19-20-21/h2-3,5-6,9H,4,7-8H2,1H3,(H,17,18,22)/t9-/m1/s1. The van der Waals surface area contributed by atoms with Crippen molar-refractivity contribution in [2.75, 3.05) is 5.32 Å². The van der Waals surface area contributed by atoms with Crippen molar-refractivity contribution in [3.8, 4) is 0 Å². The molecule has 1 atom stereocenters. The van der Waals surface area contributed by atoms with Gasteiger partial charge in [-0.2, -0.15) is 4.68 Å². The van der Waals surface area contributed by atoms with Crippen molar-refractivity contribution in [3.05, 3.63) is 45.2 Å². The van der Waals surface area contributed by atoms with Gasteiger partial charge in [-0.05, 0) is 38.3 Å². The van der Waals surface area contributed by atoms with Crippen molar-refractivity contribution in [1.82, 2.24) is 20.0 Å². The fraction of sp³-hybridized carbons (Fsp3) is 0.312. The molecule has 1 aliphatic rings. The summed E-state index contributed by atoms with van der Waals surface area (Å²) in [5, 5.41) is 11.7. The molecule has 4 rings (SSSR count). The molecular formula is C16H15N5O2S. The number of hydrogen-bond donors (Lipinski definition) is 1. The smallest absolute Gasteiger partial charge is 0.278 e. The fourth-order valence-electron chi connectivity index (χ4n) is 2.82. The minimum Gasteiger partial charge on any atom is -0.300 e. The van der Waals surface area contributed by atoms with E-state index in [2.05, 4.69) is 20.6 Å². The van der Waals surface area contributed by atoms with E-state index in [9.17, 15) is 9.59 Å². The maximum Gasteiger partial charge on any atom is 0.278 e. The van der Waals surface area contributed by atoms with Crippen LogP contribution in [0.2, 0.25) is 0 Å². The van der Waals surface area contributed by atoms with Gasteiger partial charge < -0.3 is 5.32 Å². The quantitative estimate of drug-likeness (QED) is 0.786. The summed E-state index contributed by atoms with van der Waals surface area (Å²) in [6, 6.07) is 6.18. The molecule has 0 bridgehead atoms. The lowest BCUT2D eigenvalue weighted by atomic mass is 10.2. The average Bonchev–Trinajstić information content (AvgIpc) is 3.16. The summed E-state index contributed by atoms with van der Waals surface area (Å²) < 4.78 is 1.11. The lowest BCUT2D eigenvalue weighted by molar-refractivity contribution is -0.119. The maximum absolute atomic E-state index is 12.5. The number of benzene rings is 1. The molecule has 1 aromatic carbocycles. The second kappa shape index (κ2) is 5.79. The van der Waals surface area contributed by atoms with E-state index in [-0.39, 0.29) is 11.5 Å². The van der Waals surface area contributed by atoms with E-state index in [1.54, 1.807) is 31.2 Å². The highest BCUT2D eigenvalue weighted by Crippen LogP contribution is 2.30. The number of carbonyl (C=O) groups excluding carboxylic acids is 1. The summed E-state index contributed by atoms with van der Waals surface area (Å²) in [7, 11) is 0. The third kappa shape index (κ3) is 2.48. The first-order chi connectivity index (χ1) is 11.6. The Labute approximate surface area is 141 Å². The van der Waals surface area contributed by atoms with Crippen LogP contribution in [0.5, 0.6) is 0 Å². The molecule has 0 radical (unpaired) electrons. The highest BCUT2D eigenvalue weighted by atomic mass is 32.1. The largest absolute Gasteiger partial charge is 0.300 e. The zero-order valence-corrected chi connectivity index (χ0v) is 13.8. The minimum atomic E-state index is -0.770. The number of nitrogens with zero attached hydrogens (tertiary/aromatic N) is 4. The molecule has 1 N–H and O–H groups in total. The average molecular weight is 341 g/mol. The van der Waals surface area contributed by atoms with Crippen molar-refractivity contribution in [2.24, 2.45) is 0 Å². The lowest BCUT2D eigenvalue weighted by Crippen LogP contribution is -2.34. The van der Waals surface area contributed by atoms with E-state index >= 15 is 0 Å². The molecule has 0 saturated carbocycles.